The second-order valence-corrected chi connectivity index (χ2v) is 9.62. The van der Waals surface area contributed by atoms with Gasteiger partial charge in [0.2, 0.25) is 0 Å². The van der Waals surface area contributed by atoms with Crippen LogP contribution in [-0.2, 0) is 11.3 Å². The largest absolute Gasteiger partial charge is 0.379 e. The van der Waals surface area contributed by atoms with Crippen LogP contribution in [-0.4, -0.2) is 61.4 Å². The minimum atomic E-state index is 0.289. The number of rotatable bonds is 3. The number of ether oxygens (including phenoxy) is 1. The Morgan fingerprint density at radius 3 is 3.06 bits per heavy atom. The van der Waals surface area contributed by atoms with Crippen LogP contribution in [0.4, 0.5) is 11.4 Å². The second-order valence-electron chi connectivity index (χ2n) is 9.62. The Morgan fingerprint density at radius 1 is 1.21 bits per heavy atom. The van der Waals surface area contributed by atoms with Crippen molar-refractivity contribution in [3.05, 3.63) is 65.4 Å². The summed E-state index contributed by atoms with van der Waals surface area (Å²) in [5.41, 5.74) is 6.60. The van der Waals surface area contributed by atoms with Crippen LogP contribution in [0.3, 0.4) is 0 Å². The Morgan fingerprint density at radius 2 is 2.15 bits per heavy atom. The summed E-state index contributed by atoms with van der Waals surface area (Å²) in [7, 11) is 0. The van der Waals surface area contributed by atoms with Gasteiger partial charge in [-0.25, -0.2) is 0 Å². The van der Waals surface area contributed by atoms with Crippen molar-refractivity contribution in [2.45, 2.75) is 31.6 Å². The summed E-state index contributed by atoms with van der Waals surface area (Å²) in [5.74, 6) is 0. The molecule has 0 saturated carbocycles. The number of benzene rings is 2. The number of fused-ring (bicyclic) bond motifs is 4. The molecule has 1 aromatic heterocycles. The Labute approximate surface area is 200 Å². The fourth-order valence-electron chi connectivity index (χ4n) is 5.77. The molecule has 34 heavy (non-hydrogen) atoms. The molecule has 3 aliphatic heterocycles. The van der Waals surface area contributed by atoms with Crippen LogP contribution in [0.5, 0.6) is 0 Å². The highest BCUT2D eigenvalue weighted by Crippen LogP contribution is 2.42. The molecule has 2 aromatic carbocycles. The Bertz CT molecular complexity index is 1250. The number of nitrogens with one attached hydrogen (secondary N) is 2. The first-order valence-corrected chi connectivity index (χ1v) is 12.2. The lowest BCUT2D eigenvalue weighted by Crippen LogP contribution is -2.51. The summed E-state index contributed by atoms with van der Waals surface area (Å²) in [6.45, 7) is 8.54. The predicted molar refractivity (Wildman–Crippen MR) is 134 cm³/mol. The molecule has 0 bridgehead atoms. The molecule has 7 nitrogen and oxygen atoms in total. The molecule has 2 N–H and O–H groups in total. The average molecular weight is 455 g/mol. The number of nitrogens with zero attached hydrogens (tertiary/aromatic N) is 4. The van der Waals surface area contributed by atoms with E-state index in [1.54, 1.807) is 6.20 Å². The zero-order chi connectivity index (χ0) is 23.1. The molecule has 3 aromatic rings. The monoisotopic (exact) mass is 454 g/mol. The van der Waals surface area contributed by atoms with Crippen molar-refractivity contribution in [3.8, 4) is 6.07 Å². The average Bonchev–Trinajstić information content (AvgIpc) is 3.03. The highest BCUT2D eigenvalue weighted by atomic mass is 16.5. The van der Waals surface area contributed by atoms with Crippen molar-refractivity contribution < 1.29 is 4.74 Å². The zero-order valence-corrected chi connectivity index (χ0v) is 19.5. The van der Waals surface area contributed by atoms with Gasteiger partial charge in [0.05, 0.1) is 36.4 Å². The highest BCUT2D eigenvalue weighted by Gasteiger charge is 2.39. The van der Waals surface area contributed by atoms with Crippen LogP contribution in [0.25, 0.3) is 10.9 Å². The summed E-state index contributed by atoms with van der Waals surface area (Å²) in [6, 6.07) is 18.3. The smallest absolute Gasteiger partial charge is 0.101 e. The highest BCUT2D eigenvalue weighted by molar-refractivity contribution is 5.95. The fourth-order valence-corrected chi connectivity index (χ4v) is 5.77. The van der Waals surface area contributed by atoms with Crippen LogP contribution >= 0.6 is 0 Å². The van der Waals surface area contributed by atoms with Gasteiger partial charge < -0.3 is 20.3 Å². The van der Waals surface area contributed by atoms with Crippen LogP contribution < -0.4 is 15.5 Å². The molecule has 3 atom stereocenters. The molecule has 2 fully saturated rings. The minimum absolute atomic E-state index is 0.289. The second kappa shape index (κ2) is 8.88. The molecule has 3 aliphatic rings. The van der Waals surface area contributed by atoms with Gasteiger partial charge in [0.15, 0.2) is 0 Å². The van der Waals surface area contributed by atoms with Crippen LogP contribution in [0.1, 0.15) is 29.7 Å². The van der Waals surface area contributed by atoms with Gasteiger partial charge in [-0.15, -0.1) is 0 Å². The van der Waals surface area contributed by atoms with E-state index in [9.17, 15) is 5.26 Å². The Balaban J connectivity index is 1.27. The third kappa shape index (κ3) is 3.78. The van der Waals surface area contributed by atoms with Gasteiger partial charge in [0.1, 0.15) is 6.07 Å². The lowest BCUT2D eigenvalue weighted by molar-refractivity contribution is 0.134. The number of aromatic nitrogens is 1. The standard InChI is InChI=1S/C27H30N6O/c1-18-14-32(25-7-4-19(12-28)27-24(25)3-2-8-30-27)16-26-23-6-5-21(11-20(23)15-33(18)26)31-22-13-29-9-10-34-17-22/h2-8,11,18,22,26,29,31H,9-10,13-17H2,1H3. The van der Waals surface area contributed by atoms with Gasteiger partial charge in [-0.05, 0) is 54.4 Å². The summed E-state index contributed by atoms with van der Waals surface area (Å²) in [6.07, 6.45) is 1.77. The van der Waals surface area contributed by atoms with Crippen LogP contribution in [0.15, 0.2) is 48.7 Å². The molecule has 6 rings (SSSR count). The van der Waals surface area contributed by atoms with E-state index in [4.69, 9.17) is 4.74 Å². The molecule has 174 valence electrons. The van der Waals surface area contributed by atoms with Crippen molar-refractivity contribution in [3.63, 3.8) is 0 Å². The number of hydrogen-bond acceptors (Lipinski definition) is 7. The van der Waals surface area contributed by atoms with E-state index in [2.05, 4.69) is 68.7 Å². The maximum absolute atomic E-state index is 9.53. The molecule has 2 saturated heterocycles. The fraction of sp³-hybridized carbons (Fsp3) is 0.407. The molecular weight excluding hydrogens is 424 g/mol. The SMILES string of the molecule is CC1CN(c2ccc(C#N)c3ncccc23)CC2c3ccc(NC4CNCCOC4)cc3CN12. The van der Waals surface area contributed by atoms with Crippen molar-refractivity contribution in [2.24, 2.45) is 0 Å². The van der Waals surface area contributed by atoms with Gasteiger partial charge in [-0.3, -0.25) is 9.88 Å². The summed E-state index contributed by atoms with van der Waals surface area (Å²) in [5, 5.41) is 17.7. The van der Waals surface area contributed by atoms with E-state index in [0.717, 1.165) is 56.8 Å². The number of hydrogen-bond donors (Lipinski definition) is 2. The molecule has 0 spiro atoms. The predicted octanol–water partition coefficient (Wildman–Crippen LogP) is 3.27. The summed E-state index contributed by atoms with van der Waals surface area (Å²) >= 11 is 0. The molecule has 0 radical (unpaired) electrons. The van der Waals surface area contributed by atoms with E-state index in [-0.39, 0.29) is 6.04 Å². The number of pyridine rings is 1. The van der Waals surface area contributed by atoms with E-state index in [1.807, 2.05) is 12.1 Å². The Hall–Kier alpha value is -3.18. The number of anilines is 2. The normalized spacial score (nSPS) is 24.8. The first-order chi connectivity index (χ1) is 16.7. The maximum Gasteiger partial charge on any atom is 0.101 e. The topological polar surface area (TPSA) is 76.5 Å². The lowest BCUT2D eigenvalue weighted by atomic mass is 9.99. The summed E-state index contributed by atoms with van der Waals surface area (Å²) < 4.78 is 5.70. The van der Waals surface area contributed by atoms with Crippen molar-refractivity contribution in [1.82, 2.24) is 15.2 Å². The van der Waals surface area contributed by atoms with Crippen molar-refractivity contribution >= 4 is 22.3 Å². The van der Waals surface area contributed by atoms with Gasteiger partial charge in [-0.2, -0.15) is 5.26 Å². The molecule has 3 unspecified atom stereocenters. The van der Waals surface area contributed by atoms with E-state index >= 15 is 0 Å². The maximum atomic E-state index is 9.53. The van der Waals surface area contributed by atoms with Gasteiger partial charge in [0.25, 0.3) is 0 Å². The lowest BCUT2D eigenvalue weighted by Gasteiger charge is -2.43. The molecule has 7 heteroatoms. The van der Waals surface area contributed by atoms with Crippen LogP contribution in [0.2, 0.25) is 0 Å². The third-order valence-electron chi connectivity index (χ3n) is 7.41. The van der Waals surface area contributed by atoms with Gasteiger partial charge in [-0.1, -0.05) is 6.07 Å². The molecule has 0 amide bonds. The Kier molecular flexibility index (Phi) is 5.58. The number of piperazine rings is 1. The van der Waals surface area contributed by atoms with Crippen molar-refractivity contribution in [1.29, 1.82) is 5.26 Å². The number of nitriles is 1. The first kappa shape index (κ1) is 21.4. The minimum Gasteiger partial charge on any atom is -0.379 e. The molecular formula is C27H30N6O. The van der Waals surface area contributed by atoms with Crippen molar-refractivity contribution in [2.75, 3.05) is 49.6 Å². The zero-order valence-electron chi connectivity index (χ0n) is 19.5. The summed E-state index contributed by atoms with van der Waals surface area (Å²) in [4.78, 5) is 9.62. The van der Waals surface area contributed by atoms with Gasteiger partial charge in [0, 0.05) is 61.7 Å². The van der Waals surface area contributed by atoms with Crippen LogP contribution in [0, 0.1) is 11.3 Å². The quantitative estimate of drug-likeness (QED) is 0.629. The molecule has 0 aliphatic carbocycles. The third-order valence-corrected chi connectivity index (χ3v) is 7.41. The van der Waals surface area contributed by atoms with E-state index in [0.29, 0.717) is 17.6 Å². The van der Waals surface area contributed by atoms with E-state index in [1.165, 1.54) is 22.5 Å². The van der Waals surface area contributed by atoms with E-state index < -0.39 is 0 Å². The van der Waals surface area contributed by atoms with Gasteiger partial charge >= 0.3 is 0 Å². The first-order valence-electron chi connectivity index (χ1n) is 12.2. The molecule has 4 heterocycles.